The fourth-order valence-corrected chi connectivity index (χ4v) is 3.14. The minimum atomic E-state index is -1.10. The van der Waals surface area contributed by atoms with Crippen LogP contribution in [0.3, 0.4) is 0 Å². The molecule has 0 spiro atoms. The molecule has 3 nitrogen and oxygen atoms in total. The Kier molecular flexibility index (Phi) is 2.79. The molecule has 0 amide bonds. The van der Waals surface area contributed by atoms with Gasteiger partial charge in [0.15, 0.2) is 0 Å². The van der Waals surface area contributed by atoms with Crippen molar-refractivity contribution in [3.63, 3.8) is 0 Å². The van der Waals surface area contributed by atoms with Gasteiger partial charge < -0.3 is 14.6 Å². The molecule has 1 aromatic rings. The van der Waals surface area contributed by atoms with Crippen LogP contribution in [-0.2, 0) is 10.3 Å². The summed E-state index contributed by atoms with van der Waals surface area (Å²) >= 11 is 0. The zero-order valence-corrected chi connectivity index (χ0v) is 10.4. The van der Waals surface area contributed by atoms with Crippen LogP contribution in [0, 0.1) is 5.82 Å². The van der Waals surface area contributed by atoms with Gasteiger partial charge >= 0.3 is 0 Å². The van der Waals surface area contributed by atoms with Gasteiger partial charge in [0.05, 0.1) is 24.9 Å². The number of rotatable bonds is 2. The summed E-state index contributed by atoms with van der Waals surface area (Å²) in [6.45, 7) is 0. The highest BCUT2D eigenvalue weighted by atomic mass is 19.1. The van der Waals surface area contributed by atoms with Crippen molar-refractivity contribution in [3.8, 4) is 5.75 Å². The molecule has 2 bridgehead atoms. The number of halogens is 1. The molecule has 4 heteroatoms. The van der Waals surface area contributed by atoms with Crippen molar-refractivity contribution in [1.29, 1.82) is 0 Å². The lowest BCUT2D eigenvalue weighted by Crippen LogP contribution is -2.39. The molecule has 0 aromatic heterocycles. The summed E-state index contributed by atoms with van der Waals surface area (Å²) < 4.78 is 24.7. The first kappa shape index (κ1) is 11.9. The van der Waals surface area contributed by atoms with Crippen LogP contribution in [0.1, 0.15) is 31.2 Å². The number of benzene rings is 1. The summed E-state index contributed by atoms with van der Waals surface area (Å²) in [6, 6.07) is 4.64. The van der Waals surface area contributed by atoms with Crippen LogP contribution >= 0.6 is 0 Å². The van der Waals surface area contributed by atoms with Gasteiger partial charge in [-0.1, -0.05) is 0 Å². The van der Waals surface area contributed by atoms with E-state index in [-0.39, 0.29) is 12.2 Å². The van der Waals surface area contributed by atoms with E-state index in [1.165, 1.54) is 13.2 Å². The Hall–Kier alpha value is -1.13. The smallest absolute Gasteiger partial charge is 0.132 e. The number of hydrogen-bond donors (Lipinski definition) is 1. The molecule has 2 aliphatic heterocycles. The number of aliphatic hydroxyl groups is 1. The molecule has 2 atom stereocenters. The predicted octanol–water partition coefficient (Wildman–Crippen LogP) is 2.36. The SMILES string of the molecule is COc1ccc(C2(O)CC3CCC(C2)O3)c(F)c1. The van der Waals surface area contributed by atoms with Crippen LogP contribution in [0.15, 0.2) is 18.2 Å². The summed E-state index contributed by atoms with van der Waals surface area (Å²) in [5.74, 6) is 0.0630. The van der Waals surface area contributed by atoms with Crippen molar-refractivity contribution in [1.82, 2.24) is 0 Å². The van der Waals surface area contributed by atoms with E-state index in [1.54, 1.807) is 12.1 Å². The Labute approximate surface area is 106 Å². The number of fused-ring (bicyclic) bond motifs is 2. The zero-order valence-electron chi connectivity index (χ0n) is 10.4. The third-order valence-electron chi connectivity index (χ3n) is 4.00. The number of methoxy groups -OCH3 is 1. The second kappa shape index (κ2) is 4.21. The maximum Gasteiger partial charge on any atom is 0.132 e. The molecule has 2 saturated heterocycles. The van der Waals surface area contributed by atoms with E-state index in [2.05, 4.69) is 0 Å². The molecule has 0 radical (unpaired) electrons. The van der Waals surface area contributed by atoms with E-state index in [4.69, 9.17) is 9.47 Å². The molecule has 18 heavy (non-hydrogen) atoms. The molecule has 0 aliphatic carbocycles. The molecule has 1 aromatic carbocycles. The van der Waals surface area contributed by atoms with Crippen LogP contribution in [0.5, 0.6) is 5.75 Å². The summed E-state index contributed by atoms with van der Waals surface area (Å²) in [5.41, 5.74) is -0.732. The zero-order chi connectivity index (χ0) is 12.8. The summed E-state index contributed by atoms with van der Waals surface area (Å²) in [6.07, 6.45) is 3.01. The Morgan fingerprint density at radius 1 is 1.33 bits per heavy atom. The number of ether oxygens (including phenoxy) is 2. The highest BCUT2D eigenvalue weighted by Crippen LogP contribution is 2.44. The number of hydrogen-bond acceptors (Lipinski definition) is 3. The second-order valence-electron chi connectivity index (χ2n) is 5.24. The third kappa shape index (κ3) is 1.89. The monoisotopic (exact) mass is 252 g/mol. The van der Waals surface area contributed by atoms with Gasteiger partial charge in [0.2, 0.25) is 0 Å². The van der Waals surface area contributed by atoms with E-state index in [0.29, 0.717) is 24.2 Å². The van der Waals surface area contributed by atoms with Gasteiger partial charge in [0.25, 0.3) is 0 Å². The van der Waals surface area contributed by atoms with Crippen molar-refractivity contribution < 1.29 is 19.0 Å². The molecule has 2 aliphatic rings. The van der Waals surface area contributed by atoms with Crippen LogP contribution < -0.4 is 4.74 Å². The Morgan fingerprint density at radius 3 is 2.56 bits per heavy atom. The first-order chi connectivity index (χ1) is 8.60. The van der Waals surface area contributed by atoms with Gasteiger partial charge in [-0.3, -0.25) is 0 Å². The highest BCUT2D eigenvalue weighted by Gasteiger charge is 2.45. The second-order valence-corrected chi connectivity index (χ2v) is 5.24. The predicted molar refractivity (Wildman–Crippen MR) is 64.0 cm³/mol. The fourth-order valence-electron chi connectivity index (χ4n) is 3.14. The fraction of sp³-hybridized carbons (Fsp3) is 0.571. The summed E-state index contributed by atoms with van der Waals surface area (Å²) in [4.78, 5) is 0. The first-order valence-corrected chi connectivity index (χ1v) is 6.32. The Bertz CT molecular complexity index is 448. The van der Waals surface area contributed by atoms with Crippen molar-refractivity contribution in [2.24, 2.45) is 0 Å². The maximum atomic E-state index is 14.1. The van der Waals surface area contributed by atoms with Crippen molar-refractivity contribution in [2.75, 3.05) is 7.11 Å². The Morgan fingerprint density at radius 2 is 2.00 bits per heavy atom. The third-order valence-corrected chi connectivity index (χ3v) is 4.00. The molecular weight excluding hydrogens is 235 g/mol. The minimum Gasteiger partial charge on any atom is -0.497 e. The molecule has 2 unspecified atom stereocenters. The van der Waals surface area contributed by atoms with Gasteiger partial charge in [0.1, 0.15) is 11.6 Å². The minimum absolute atomic E-state index is 0.0650. The Balaban J connectivity index is 1.94. The lowest BCUT2D eigenvalue weighted by Gasteiger charge is -2.37. The summed E-state index contributed by atoms with van der Waals surface area (Å²) in [5, 5.41) is 10.7. The van der Waals surface area contributed by atoms with Gasteiger partial charge in [-0.05, 0) is 25.0 Å². The normalized spacial score (nSPS) is 34.6. The largest absolute Gasteiger partial charge is 0.497 e. The van der Waals surface area contributed by atoms with E-state index in [9.17, 15) is 9.50 Å². The van der Waals surface area contributed by atoms with Gasteiger partial charge in [-0.2, -0.15) is 0 Å². The van der Waals surface area contributed by atoms with E-state index in [0.717, 1.165) is 12.8 Å². The van der Waals surface area contributed by atoms with Gasteiger partial charge in [-0.15, -0.1) is 0 Å². The topological polar surface area (TPSA) is 38.7 Å². The van der Waals surface area contributed by atoms with Gasteiger partial charge in [-0.25, -0.2) is 4.39 Å². The van der Waals surface area contributed by atoms with E-state index < -0.39 is 11.4 Å². The standard InChI is InChI=1S/C14H17FO3/c1-17-9-4-5-12(13(15)6-9)14(16)7-10-2-3-11(8-14)18-10/h4-6,10-11,16H,2-3,7-8H2,1H3. The average molecular weight is 252 g/mol. The van der Waals surface area contributed by atoms with Crippen molar-refractivity contribution >= 4 is 0 Å². The molecule has 2 heterocycles. The first-order valence-electron chi connectivity index (χ1n) is 6.32. The molecule has 0 saturated carbocycles. The van der Waals surface area contributed by atoms with Crippen LogP contribution in [-0.4, -0.2) is 24.4 Å². The van der Waals surface area contributed by atoms with Crippen LogP contribution in [0.4, 0.5) is 4.39 Å². The average Bonchev–Trinajstić information content (AvgIpc) is 2.68. The molecule has 2 fully saturated rings. The molecule has 1 N–H and O–H groups in total. The summed E-state index contributed by atoms with van der Waals surface area (Å²) in [7, 11) is 1.50. The quantitative estimate of drug-likeness (QED) is 0.878. The van der Waals surface area contributed by atoms with Gasteiger partial charge in [0, 0.05) is 24.5 Å². The maximum absolute atomic E-state index is 14.1. The van der Waals surface area contributed by atoms with Crippen LogP contribution in [0.25, 0.3) is 0 Å². The van der Waals surface area contributed by atoms with E-state index in [1.807, 2.05) is 0 Å². The highest BCUT2D eigenvalue weighted by molar-refractivity contribution is 5.33. The van der Waals surface area contributed by atoms with Crippen LogP contribution in [0.2, 0.25) is 0 Å². The molecule has 3 rings (SSSR count). The molecule has 98 valence electrons. The van der Waals surface area contributed by atoms with Crippen molar-refractivity contribution in [2.45, 2.75) is 43.5 Å². The lowest BCUT2D eigenvalue weighted by atomic mass is 9.83. The molecular formula is C14H17FO3. The van der Waals surface area contributed by atoms with E-state index >= 15 is 0 Å². The lowest BCUT2D eigenvalue weighted by molar-refractivity contribution is -0.116. The van der Waals surface area contributed by atoms with Crippen molar-refractivity contribution in [3.05, 3.63) is 29.6 Å².